The second-order valence-corrected chi connectivity index (χ2v) is 7.03. The number of para-hydroxylation sites is 2. The van der Waals surface area contributed by atoms with E-state index < -0.39 is 0 Å². The zero-order valence-electron chi connectivity index (χ0n) is 14.0. The summed E-state index contributed by atoms with van der Waals surface area (Å²) in [6, 6.07) is 17.8. The van der Waals surface area contributed by atoms with Crippen LogP contribution in [-0.4, -0.2) is 32.9 Å². The van der Waals surface area contributed by atoms with E-state index in [4.69, 9.17) is 12.2 Å². The Morgan fingerprint density at radius 3 is 2.69 bits per heavy atom. The van der Waals surface area contributed by atoms with Crippen LogP contribution in [0.4, 0.5) is 0 Å². The normalized spacial score (nSPS) is 10.5. The molecule has 3 rings (SSSR count). The Balaban J connectivity index is 1.35. The highest BCUT2D eigenvalue weighted by molar-refractivity contribution is 7.99. The fourth-order valence-corrected chi connectivity index (χ4v) is 3.29. The molecule has 1 aromatic heterocycles. The molecule has 0 aliphatic carbocycles. The first kappa shape index (κ1) is 18.2. The first-order valence-corrected chi connectivity index (χ1v) is 9.52. The number of nitrogens with zero attached hydrogens (tertiary/aromatic N) is 2. The van der Waals surface area contributed by atoms with Crippen molar-refractivity contribution in [2.24, 2.45) is 0 Å². The molecule has 0 saturated carbocycles. The fraction of sp³-hybridized carbons (Fsp3) is 0.167. The molecule has 0 spiro atoms. The second-order valence-electron chi connectivity index (χ2n) is 5.45. The number of hydrazine groups is 1. The molecule has 0 unspecified atom stereocenters. The van der Waals surface area contributed by atoms with Gasteiger partial charge in [0.05, 0.1) is 17.4 Å². The molecule has 0 radical (unpaired) electrons. The molecular weight excluding hydrogens is 366 g/mol. The number of carbonyl (C=O) groups excluding carboxylic acids is 1. The van der Waals surface area contributed by atoms with Gasteiger partial charge in [0.2, 0.25) is 0 Å². The van der Waals surface area contributed by atoms with Crippen molar-refractivity contribution in [1.29, 1.82) is 0 Å². The molecule has 0 atom stereocenters. The summed E-state index contributed by atoms with van der Waals surface area (Å²) in [5, 5.41) is 3.45. The Hall–Kier alpha value is -2.58. The summed E-state index contributed by atoms with van der Waals surface area (Å²) in [4.78, 5) is 17.5. The number of hydrogen-bond acceptors (Lipinski definition) is 4. The van der Waals surface area contributed by atoms with Crippen molar-refractivity contribution in [3.8, 4) is 0 Å². The van der Waals surface area contributed by atoms with Crippen LogP contribution in [0, 0.1) is 0 Å². The largest absolute Gasteiger partial charge is 0.361 e. The molecule has 1 amide bonds. The maximum Gasteiger partial charge on any atom is 0.258 e. The number of imidazole rings is 1. The minimum absolute atomic E-state index is 0.167. The van der Waals surface area contributed by atoms with E-state index >= 15 is 0 Å². The Bertz CT molecular complexity index is 881. The van der Waals surface area contributed by atoms with Crippen LogP contribution in [-0.2, 0) is 11.3 Å². The van der Waals surface area contributed by atoms with Crippen LogP contribution >= 0.6 is 24.0 Å². The Morgan fingerprint density at radius 1 is 1.08 bits per heavy atom. The molecule has 8 heteroatoms. The van der Waals surface area contributed by atoms with Gasteiger partial charge in [-0.2, -0.15) is 0 Å². The first-order chi connectivity index (χ1) is 12.7. The number of nitrogens with one attached hydrogen (secondary N) is 3. The van der Waals surface area contributed by atoms with E-state index in [0.29, 0.717) is 11.7 Å². The van der Waals surface area contributed by atoms with Crippen molar-refractivity contribution in [3.63, 3.8) is 0 Å². The van der Waals surface area contributed by atoms with Crippen LogP contribution in [0.25, 0.3) is 11.0 Å². The van der Waals surface area contributed by atoms with Crippen LogP contribution in [0.5, 0.6) is 0 Å². The highest BCUT2D eigenvalue weighted by Crippen LogP contribution is 2.15. The van der Waals surface area contributed by atoms with E-state index in [-0.39, 0.29) is 12.5 Å². The molecule has 2 aromatic carbocycles. The first-order valence-electron chi connectivity index (χ1n) is 8.13. The van der Waals surface area contributed by atoms with Gasteiger partial charge in [-0.1, -0.05) is 30.3 Å². The number of benzene rings is 2. The summed E-state index contributed by atoms with van der Waals surface area (Å²) >= 11 is 6.91. The average Bonchev–Trinajstić information content (AvgIpc) is 3.07. The zero-order chi connectivity index (χ0) is 18.2. The summed E-state index contributed by atoms with van der Waals surface area (Å²) in [5.74, 6) is 0.678. The van der Waals surface area contributed by atoms with Crippen molar-refractivity contribution in [2.45, 2.75) is 11.4 Å². The lowest BCUT2D eigenvalue weighted by molar-refractivity contribution is -0.122. The van der Waals surface area contributed by atoms with Gasteiger partial charge in [0, 0.05) is 17.2 Å². The highest BCUT2D eigenvalue weighted by Gasteiger charge is 2.07. The van der Waals surface area contributed by atoms with Crippen LogP contribution in [0.1, 0.15) is 0 Å². The van der Waals surface area contributed by atoms with Gasteiger partial charge in [-0.25, -0.2) is 4.98 Å². The SMILES string of the molecule is O=C(Cn1cnc2ccccc21)NNC(=S)NCCSc1ccccc1. The van der Waals surface area contributed by atoms with Crippen molar-refractivity contribution >= 4 is 46.0 Å². The van der Waals surface area contributed by atoms with Gasteiger partial charge in [0.25, 0.3) is 5.91 Å². The molecule has 134 valence electrons. The third kappa shape index (κ3) is 5.21. The molecule has 6 nitrogen and oxygen atoms in total. The van der Waals surface area contributed by atoms with Gasteiger partial charge in [0.1, 0.15) is 6.54 Å². The number of aromatic nitrogens is 2. The number of thioether (sulfide) groups is 1. The average molecular weight is 386 g/mol. The number of rotatable bonds is 6. The maximum absolute atomic E-state index is 12.1. The Morgan fingerprint density at radius 2 is 1.85 bits per heavy atom. The van der Waals surface area contributed by atoms with Crippen molar-refractivity contribution in [3.05, 3.63) is 60.9 Å². The molecule has 0 aliphatic heterocycles. The third-order valence-electron chi connectivity index (χ3n) is 3.56. The van der Waals surface area contributed by atoms with Crippen molar-refractivity contribution < 1.29 is 4.79 Å². The van der Waals surface area contributed by atoms with Gasteiger partial charge >= 0.3 is 0 Å². The van der Waals surface area contributed by atoms with E-state index in [9.17, 15) is 4.79 Å². The molecule has 0 fully saturated rings. The predicted octanol–water partition coefficient (Wildman–Crippen LogP) is 2.32. The quantitative estimate of drug-likeness (QED) is 0.262. The number of hydrogen-bond donors (Lipinski definition) is 3. The van der Waals surface area contributed by atoms with Gasteiger partial charge in [-0.05, 0) is 36.5 Å². The van der Waals surface area contributed by atoms with Gasteiger partial charge < -0.3 is 9.88 Å². The molecule has 0 aliphatic rings. The lowest BCUT2D eigenvalue weighted by Crippen LogP contribution is -2.48. The minimum Gasteiger partial charge on any atom is -0.361 e. The zero-order valence-corrected chi connectivity index (χ0v) is 15.6. The summed E-state index contributed by atoms with van der Waals surface area (Å²) in [6.45, 7) is 0.868. The number of fused-ring (bicyclic) bond motifs is 1. The van der Waals surface area contributed by atoms with Crippen molar-refractivity contribution in [1.82, 2.24) is 25.7 Å². The molecule has 3 N–H and O–H groups in total. The lowest BCUT2D eigenvalue weighted by Gasteiger charge is -2.12. The molecule has 0 saturated heterocycles. The van der Waals surface area contributed by atoms with Crippen LogP contribution in [0.3, 0.4) is 0 Å². The topological polar surface area (TPSA) is 71.0 Å². The van der Waals surface area contributed by atoms with Gasteiger partial charge in [-0.3, -0.25) is 15.6 Å². The second kappa shape index (κ2) is 9.21. The third-order valence-corrected chi connectivity index (χ3v) is 4.82. The molecule has 0 bridgehead atoms. The molecular formula is C18H19N5OS2. The summed E-state index contributed by atoms with van der Waals surface area (Å²) < 4.78 is 1.79. The maximum atomic E-state index is 12.1. The predicted molar refractivity (Wildman–Crippen MR) is 109 cm³/mol. The minimum atomic E-state index is -0.198. The van der Waals surface area contributed by atoms with Crippen LogP contribution in [0.15, 0.2) is 65.8 Å². The number of amides is 1. The monoisotopic (exact) mass is 385 g/mol. The molecule has 1 heterocycles. The summed E-state index contributed by atoms with van der Waals surface area (Å²) in [6.07, 6.45) is 1.65. The summed E-state index contributed by atoms with van der Waals surface area (Å²) in [5.41, 5.74) is 7.10. The van der Waals surface area contributed by atoms with Gasteiger partial charge in [0.15, 0.2) is 5.11 Å². The van der Waals surface area contributed by atoms with E-state index in [1.54, 1.807) is 22.7 Å². The molecule has 3 aromatic rings. The van der Waals surface area contributed by atoms with Gasteiger partial charge in [-0.15, -0.1) is 11.8 Å². The van der Waals surface area contributed by atoms with E-state index in [1.807, 2.05) is 42.5 Å². The fourth-order valence-electron chi connectivity index (χ4n) is 2.35. The Kier molecular flexibility index (Phi) is 6.45. The standard InChI is InChI=1S/C18H19N5OS2/c24-17(12-23-13-20-15-8-4-5-9-16(15)23)21-22-18(25)19-10-11-26-14-6-2-1-3-7-14/h1-9,13H,10-12H2,(H,21,24)(H2,19,22,25). The highest BCUT2D eigenvalue weighted by atomic mass is 32.2. The number of thiocarbonyl (C=S) groups is 1. The Labute approximate surface area is 161 Å². The number of carbonyl (C=O) groups is 1. The van der Waals surface area contributed by atoms with E-state index in [0.717, 1.165) is 16.8 Å². The lowest BCUT2D eigenvalue weighted by atomic mass is 10.3. The summed E-state index contributed by atoms with van der Waals surface area (Å²) in [7, 11) is 0. The van der Waals surface area contributed by atoms with E-state index in [1.165, 1.54) is 4.90 Å². The van der Waals surface area contributed by atoms with E-state index in [2.05, 4.69) is 33.3 Å². The van der Waals surface area contributed by atoms with Crippen LogP contribution < -0.4 is 16.2 Å². The smallest absolute Gasteiger partial charge is 0.258 e. The van der Waals surface area contributed by atoms with Crippen LogP contribution in [0.2, 0.25) is 0 Å². The van der Waals surface area contributed by atoms with Crippen molar-refractivity contribution in [2.75, 3.05) is 12.3 Å². The molecule has 26 heavy (non-hydrogen) atoms.